The molecule has 3 aromatic heterocycles. The maximum absolute atomic E-state index is 13.6. The monoisotopic (exact) mass is 486 g/mol. The van der Waals surface area contributed by atoms with E-state index in [9.17, 15) is 9.59 Å². The molecule has 34 heavy (non-hydrogen) atoms. The summed E-state index contributed by atoms with van der Waals surface area (Å²) in [5.74, 6) is 0.978. The number of carbonyl (C=O) groups is 2. The highest BCUT2D eigenvalue weighted by molar-refractivity contribution is 7.10. The van der Waals surface area contributed by atoms with E-state index in [4.69, 9.17) is 9.15 Å². The topological polar surface area (TPSA) is 115 Å². The molecular formula is C23H30N6O4S. The van der Waals surface area contributed by atoms with Crippen LogP contribution in [-0.2, 0) is 20.9 Å². The number of nitrogens with zero attached hydrogens (tertiary/aromatic N) is 5. The fraction of sp³-hybridized carbons (Fsp3) is 0.522. The van der Waals surface area contributed by atoms with Gasteiger partial charge in [0.1, 0.15) is 18.3 Å². The van der Waals surface area contributed by atoms with Crippen molar-refractivity contribution in [2.45, 2.75) is 64.8 Å². The van der Waals surface area contributed by atoms with Crippen LogP contribution in [0.25, 0.3) is 11.6 Å². The molecule has 0 bridgehead atoms. The largest absolute Gasteiger partial charge is 0.458 e. The lowest BCUT2D eigenvalue weighted by Crippen LogP contribution is -2.51. The number of aromatic nitrogens is 4. The number of carbonyl (C=O) groups excluding carboxylic acids is 2. The Labute approximate surface area is 202 Å². The van der Waals surface area contributed by atoms with Crippen LogP contribution < -0.4 is 5.32 Å². The predicted molar refractivity (Wildman–Crippen MR) is 126 cm³/mol. The van der Waals surface area contributed by atoms with Gasteiger partial charge in [-0.15, -0.1) is 21.5 Å². The average Bonchev–Trinajstić information content (AvgIpc) is 3.55. The number of hydrogen-bond donors (Lipinski definition) is 1. The normalized spacial score (nSPS) is 17.0. The van der Waals surface area contributed by atoms with Crippen molar-refractivity contribution >= 4 is 23.2 Å². The Kier molecular flexibility index (Phi) is 7.13. The molecule has 1 aliphatic rings. The zero-order valence-electron chi connectivity index (χ0n) is 19.9. The standard InChI is InChI=1S/C23H30N6O4S/c1-15-9-10-17(33-15)21-25-27-29(26-21)14-19(30)28(13-16-7-5-11-32-16)20(18-8-6-12-34-18)22(31)24-23(2,3)4/h6,8-10,12,16,20H,5,7,11,13-14H2,1-4H3,(H,24,31)/t16-,20+/m0/s1. The maximum Gasteiger partial charge on any atom is 0.248 e. The highest BCUT2D eigenvalue weighted by atomic mass is 32.1. The van der Waals surface area contributed by atoms with Gasteiger partial charge in [0, 0.05) is 23.6 Å². The van der Waals surface area contributed by atoms with Gasteiger partial charge >= 0.3 is 0 Å². The number of furan rings is 1. The van der Waals surface area contributed by atoms with E-state index in [2.05, 4.69) is 20.7 Å². The molecule has 0 aromatic carbocycles. The summed E-state index contributed by atoms with van der Waals surface area (Å²) in [5, 5.41) is 17.3. The second kappa shape index (κ2) is 10.1. The van der Waals surface area contributed by atoms with Gasteiger partial charge in [0.15, 0.2) is 5.76 Å². The summed E-state index contributed by atoms with van der Waals surface area (Å²) in [6, 6.07) is 6.53. The molecule has 11 heteroatoms. The van der Waals surface area contributed by atoms with Crippen molar-refractivity contribution in [3.63, 3.8) is 0 Å². The molecule has 0 radical (unpaired) electrons. The minimum atomic E-state index is -0.786. The third-order valence-electron chi connectivity index (χ3n) is 5.31. The van der Waals surface area contributed by atoms with Gasteiger partial charge in [0.05, 0.1) is 6.10 Å². The fourth-order valence-corrected chi connectivity index (χ4v) is 4.68. The number of hydrogen-bond acceptors (Lipinski definition) is 8. The first kappa shape index (κ1) is 24.1. The van der Waals surface area contributed by atoms with Gasteiger partial charge in [-0.25, -0.2) is 0 Å². The summed E-state index contributed by atoms with van der Waals surface area (Å²) in [5.41, 5.74) is -0.450. The molecule has 2 atom stereocenters. The van der Waals surface area contributed by atoms with E-state index in [0.29, 0.717) is 24.7 Å². The molecule has 4 rings (SSSR count). The summed E-state index contributed by atoms with van der Waals surface area (Å²) in [6.07, 6.45) is 1.64. The van der Waals surface area contributed by atoms with Crippen molar-refractivity contribution in [1.82, 2.24) is 30.4 Å². The van der Waals surface area contributed by atoms with Crippen molar-refractivity contribution in [2.24, 2.45) is 0 Å². The summed E-state index contributed by atoms with van der Waals surface area (Å²) in [4.78, 5) is 30.6. The second-order valence-electron chi connectivity index (χ2n) is 9.39. The van der Waals surface area contributed by atoms with Gasteiger partial charge < -0.3 is 19.4 Å². The van der Waals surface area contributed by atoms with E-state index in [1.807, 2.05) is 51.3 Å². The van der Waals surface area contributed by atoms with Crippen LogP contribution in [0.4, 0.5) is 0 Å². The molecular weight excluding hydrogens is 456 g/mol. The molecule has 0 aliphatic carbocycles. The quantitative estimate of drug-likeness (QED) is 0.520. The van der Waals surface area contributed by atoms with Crippen LogP contribution in [0, 0.1) is 6.92 Å². The van der Waals surface area contributed by atoms with E-state index >= 15 is 0 Å². The van der Waals surface area contributed by atoms with E-state index in [1.165, 1.54) is 16.1 Å². The molecule has 3 aromatic rings. The first-order valence-corrected chi connectivity index (χ1v) is 12.2. The molecule has 0 saturated carbocycles. The van der Waals surface area contributed by atoms with Crippen molar-refractivity contribution in [3.05, 3.63) is 40.3 Å². The number of nitrogens with one attached hydrogen (secondary N) is 1. The van der Waals surface area contributed by atoms with Crippen LogP contribution in [0.2, 0.25) is 0 Å². The first-order chi connectivity index (χ1) is 16.2. The van der Waals surface area contributed by atoms with Crippen LogP contribution >= 0.6 is 11.3 Å². The van der Waals surface area contributed by atoms with Crippen molar-refractivity contribution in [1.29, 1.82) is 0 Å². The van der Waals surface area contributed by atoms with Gasteiger partial charge in [-0.1, -0.05) is 6.07 Å². The number of ether oxygens (including phenoxy) is 1. The van der Waals surface area contributed by atoms with E-state index in [-0.39, 0.29) is 24.5 Å². The molecule has 182 valence electrons. The van der Waals surface area contributed by atoms with E-state index < -0.39 is 11.6 Å². The lowest BCUT2D eigenvalue weighted by Gasteiger charge is -2.34. The van der Waals surface area contributed by atoms with Gasteiger partial charge in [0.2, 0.25) is 17.6 Å². The van der Waals surface area contributed by atoms with Crippen LogP contribution in [0.5, 0.6) is 0 Å². The van der Waals surface area contributed by atoms with Crippen molar-refractivity contribution in [3.8, 4) is 11.6 Å². The molecule has 0 spiro atoms. The Hall–Kier alpha value is -3.05. The Bertz CT molecular complexity index is 1110. The Balaban J connectivity index is 1.60. The van der Waals surface area contributed by atoms with Crippen LogP contribution in [0.1, 0.15) is 50.3 Å². The lowest BCUT2D eigenvalue weighted by molar-refractivity contribution is -0.144. The minimum absolute atomic E-state index is 0.126. The SMILES string of the molecule is Cc1ccc(-c2nnn(CC(=O)N(C[C@@H]3CCCO3)[C@@H](C(=O)NC(C)(C)C)c3cccs3)n2)o1. The summed E-state index contributed by atoms with van der Waals surface area (Å²) in [7, 11) is 0. The number of thiophene rings is 1. The van der Waals surface area contributed by atoms with E-state index in [1.54, 1.807) is 11.0 Å². The molecule has 0 unspecified atom stereocenters. The predicted octanol–water partition coefficient (Wildman–Crippen LogP) is 2.97. The smallest absolute Gasteiger partial charge is 0.248 e. The maximum atomic E-state index is 13.6. The van der Waals surface area contributed by atoms with Gasteiger partial charge in [-0.05, 0) is 69.3 Å². The molecule has 1 saturated heterocycles. The molecule has 1 fully saturated rings. The van der Waals surface area contributed by atoms with Gasteiger partial charge in [-0.2, -0.15) is 4.80 Å². The first-order valence-electron chi connectivity index (χ1n) is 11.3. The minimum Gasteiger partial charge on any atom is -0.458 e. The molecule has 4 heterocycles. The fourth-order valence-electron chi connectivity index (χ4n) is 3.84. The average molecular weight is 487 g/mol. The van der Waals surface area contributed by atoms with Gasteiger partial charge in [0.25, 0.3) is 0 Å². The second-order valence-corrected chi connectivity index (χ2v) is 10.4. The third-order valence-corrected chi connectivity index (χ3v) is 6.23. The van der Waals surface area contributed by atoms with Gasteiger partial charge in [-0.3, -0.25) is 9.59 Å². The number of aryl methyl sites for hydroxylation is 1. The lowest BCUT2D eigenvalue weighted by atomic mass is 10.1. The highest BCUT2D eigenvalue weighted by Crippen LogP contribution is 2.29. The molecule has 1 N–H and O–H groups in total. The van der Waals surface area contributed by atoms with Crippen molar-refractivity contribution < 1.29 is 18.7 Å². The Morgan fingerprint density at radius 3 is 2.76 bits per heavy atom. The summed E-state index contributed by atoms with van der Waals surface area (Å²) in [6.45, 7) is 8.37. The highest BCUT2D eigenvalue weighted by Gasteiger charge is 2.36. The number of amides is 2. The number of rotatable bonds is 8. The Morgan fingerprint density at radius 1 is 1.32 bits per heavy atom. The van der Waals surface area contributed by atoms with Crippen molar-refractivity contribution in [2.75, 3.05) is 13.2 Å². The van der Waals surface area contributed by atoms with E-state index in [0.717, 1.165) is 23.5 Å². The van der Waals surface area contributed by atoms with Crippen LogP contribution in [0.15, 0.2) is 34.1 Å². The molecule has 2 amide bonds. The zero-order chi connectivity index (χ0) is 24.3. The number of tetrazole rings is 1. The molecule has 1 aliphatic heterocycles. The van der Waals surface area contributed by atoms with Crippen LogP contribution in [0.3, 0.4) is 0 Å². The zero-order valence-corrected chi connectivity index (χ0v) is 20.7. The summed E-state index contributed by atoms with van der Waals surface area (Å²) < 4.78 is 11.4. The molecule has 10 nitrogen and oxygen atoms in total. The third kappa shape index (κ3) is 5.89. The van der Waals surface area contributed by atoms with Crippen LogP contribution in [-0.4, -0.2) is 61.7 Å². The summed E-state index contributed by atoms with van der Waals surface area (Å²) >= 11 is 1.44. The Morgan fingerprint density at radius 2 is 2.15 bits per heavy atom.